The van der Waals surface area contributed by atoms with Crippen LogP contribution in [0.25, 0.3) is 10.2 Å². The van der Waals surface area contributed by atoms with Crippen LogP contribution in [0.1, 0.15) is 19.8 Å². The molecule has 11 heteroatoms. The Kier molecular flexibility index (Phi) is 5.91. The van der Waals surface area contributed by atoms with E-state index >= 15 is 0 Å². The minimum atomic E-state index is -3.67. The van der Waals surface area contributed by atoms with Gasteiger partial charge in [-0.15, -0.1) is 0 Å². The van der Waals surface area contributed by atoms with E-state index in [0.29, 0.717) is 23.2 Å². The number of nitrogens with one attached hydrogen (secondary N) is 1. The zero-order valence-electron chi connectivity index (χ0n) is 16.5. The van der Waals surface area contributed by atoms with E-state index in [1.54, 1.807) is 12.1 Å². The number of aromatic nitrogens is 1. The van der Waals surface area contributed by atoms with Gasteiger partial charge >= 0.3 is 0 Å². The van der Waals surface area contributed by atoms with Crippen LogP contribution in [0.2, 0.25) is 0 Å². The first-order valence-electron chi connectivity index (χ1n) is 9.52. The second-order valence-corrected chi connectivity index (χ2v) is 10.1. The summed E-state index contributed by atoms with van der Waals surface area (Å²) in [5.41, 5.74) is 0.579. The normalized spacial score (nSPS) is 15.8. The number of ether oxygens (including phenoxy) is 1. The molecule has 1 aliphatic heterocycles. The minimum absolute atomic E-state index is 0.0594. The summed E-state index contributed by atoms with van der Waals surface area (Å²) >= 11 is 1.05. The Morgan fingerprint density at radius 3 is 2.52 bits per heavy atom. The summed E-state index contributed by atoms with van der Waals surface area (Å²) in [6, 6.07) is 7.97. The van der Waals surface area contributed by atoms with E-state index in [0.717, 1.165) is 17.4 Å². The Morgan fingerprint density at radius 2 is 1.87 bits per heavy atom. The molecule has 1 N–H and O–H groups in total. The van der Waals surface area contributed by atoms with Crippen molar-refractivity contribution in [1.82, 2.24) is 9.29 Å². The first-order chi connectivity index (χ1) is 14.7. The van der Waals surface area contributed by atoms with Gasteiger partial charge in [0.2, 0.25) is 15.9 Å². The molecule has 1 fully saturated rings. The van der Waals surface area contributed by atoms with Gasteiger partial charge in [0.25, 0.3) is 5.19 Å². The largest absolute Gasteiger partial charge is 0.467 e. The summed E-state index contributed by atoms with van der Waals surface area (Å²) in [7, 11) is -3.67. The summed E-state index contributed by atoms with van der Waals surface area (Å²) in [5.74, 6) is -1.66. The maximum Gasteiger partial charge on any atom is 0.274 e. The first-order valence-corrected chi connectivity index (χ1v) is 11.8. The molecular formula is C20H19F2N3O4S2. The Balaban J connectivity index is 1.40. The van der Waals surface area contributed by atoms with Gasteiger partial charge in [0.05, 0.1) is 9.60 Å². The van der Waals surface area contributed by atoms with Crippen molar-refractivity contribution in [3.05, 3.63) is 48.0 Å². The maximum atomic E-state index is 13.8. The number of fused-ring (bicyclic) bond motifs is 1. The number of carbonyl (C=O) groups is 1. The number of sulfonamides is 1. The molecule has 0 spiro atoms. The van der Waals surface area contributed by atoms with E-state index in [2.05, 4.69) is 10.3 Å². The molecule has 0 atom stereocenters. The molecule has 0 bridgehead atoms. The first kappa shape index (κ1) is 21.6. The van der Waals surface area contributed by atoms with E-state index in [1.165, 1.54) is 29.4 Å². The lowest BCUT2D eigenvalue weighted by Gasteiger charge is -2.30. The highest BCUT2D eigenvalue weighted by atomic mass is 32.2. The van der Waals surface area contributed by atoms with Gasteiger partial charge in [-0.2, -0.15) is 9.29 Å². The molecule has 1 saturated heterocycles. The van der Waals surface area contributed by atoms with Crippen molar-refractivity contribution >= 4 is 43.2 Å². The molecular weight excluding hydrogens is 448 g/mol. The number of amides is 1. The fraction of sp³-hybridized carbons (Fsp3) is 0.300. The van der Waals surface area contributed by atoms with Gasteiger partial charge in [-0.1, -0.05) is 11.3 Å². The Morgan fingerprint density at radius 1 is 1.19 bits per heavy atom. The van der Waals surface area contributed by atoms with E-state index in [-0.39, 0.29) is 40.7 Å². The minimum Gasteiger partial charge on any atom is -0.467 e. The number of hydrogen-bond donors (Lipinski definition) is 1. The van der Waals surface area contributed by atoms with E-state index in [4.69, 9.17) is 4.74 Å². The lowest BCUT2D eigenvalue weighted by atomic mass is 10.1. The molecule has 3 aromatic rings. The van der Waals surface area contributed by atoms with Crippen molar-refractivity contribution in [3.63, 3.8) is 0 Å². The number of benzene rings is 2. The third kappa shape index (κ3) is 4.68. The van der Waals surface area contributed by atoms with Crippen LogP contribution in [-0.2, 0) is 14.8 Å². The average Bonchev–Trinajstić information content (AvgIpc) is 3.11. The summed E-state index contributed by atoms with van der Waals surface area (Å²) in [5, 5.41) is 2.83. The fourth-order valence-corrected chi connectivity index (χ4v) is 5.77. The Hall–Kier alpha value is -2.63. The van der Waals surface area contributed by atoms with Gasteiger partial charge in [-0.3, -0.25) is 4.79 Å². The Bertz CT molecular complexity index is 1220. The number of carbonyl (C=O) groups excluding carboxylic acids is 1. The maximum absolute atomic E-state index is 13.8. The number of nitrogens with zero attached hydrogens (tertiary/aromatic N) is 2. The van der Waals surface area contributed by atoms with Crippen LogP contribution >= 0.6 is 11.3 Å². The molecule has 164 valence electrons. The van der Waals surface area contributed by atoms with E-state index in [9.17, 15) is 22.0 Å². The second-order valence-electron chi connectivity index (χ2n) is 7.14. The van der Waals surface area contributed by atoms with Gasteiger partial charge < -0.3 is 10.1 Å². The Labute approximate surface area is 181 Å². The van der Waals surface area contributed by atoms with Crippen LogP contribution in [0.3, 0.4) is 0 Å². The van der Waals surface area contributed by atoms with Crippen LogP contribution < -0.4 is 10.1 Å². The molecule has 0 radical (unpaired) electrons. The molecule has 1 aromatic heterocycles. The van der Waals surface area contributed by atoms with Gasteiger partial charge in [0.15, 0.2) is 5.82 Å². The molecule has 0 saturated carbocycles. The molecule has 2 aromatic carbocycles. The van der Waals surface area contributed by atoms with Crippen LogP contribution in [0.15, 0.2) is 41.3 Å². The quantitative estimate of drug-likeness (QED) is 0.617. The predicted octanol–water partition coefficient (Wildman–Crippen LogP) is 3.77. The molecule has 31 heavy (non-hydrogen) atoms. The average molecular weight is 468 g/mol. The van der Waals surface area contributed by atoms with Gasteiger partial charge in [-0.05, 0) is 43.2 Å². The standard InChI is InChI=1S/C20H19F2N3O4S2/c1-12(26)23-14-2-4-16(5-3-14)31(27,28)25-8-6-15(7-9-25)29-20-24-19-17(22)10-13(21)11-18(19)30-20/h2-5,10-11,15H,6-9H2,1H3,(H,23,26). The zero-order chi connectivity index (χ0) is 22.2. The number of hydrogen-bond acceptors (Lipinski definition) is 6. The van der Waals surface area contributed by atoms with Crippen molar-refractivity contribution in [2.75, 3.05) is 18.4 Å². The molecule has 7 nitrogen and oxygen atoms in total. The number of piperidine rings is 1. The van der Waals surface area contributed by atoms with Crippen molar-refractivity contribution in [2.45, 2.75) is 30.8 Å². The molecule has 0 unspecified atom stereocenters. The highest BCUT2D eigenvalue weighted by molar-refractivity contribution is 7.89. The zero-order valence-corrected chi connectivity index (χ0v) is 18.1. The SMILES string of the molecule is CC(=O)Nc1ccc(S(=O)(=O)N2CCC(Oc3nc4c(F)cc(F)cc4s3)CC2)cc1. The lowest BCUT2D eigenvalue weighted by molar-refractivity contribution is -0.114. The lowest BCUT2D eigenvalue weighted by Crippen LogP contribution is -2.41. The van der Waals surface area contributed by atoms with Gasteiger partial charge in [0, 0.05) is 31.8 Å². The number of halogens is 2. The second kappa shape index (κ2) is 8.48. The molecule has 1 aliphatic rings. The monoisotopic (exact) mass is 467 g/mol. The van der Waals surface area contributed by atoms with Crippen LogP contribution in [0, 0.1) is 11.6 Å². The highest BCUT2D eigenvalue weighted by Crippen LogP contribution is 2.32. The topological polar surface area (TPSA) is 88.6 Å². The van der Waals surface area contributed by atoms with Crippen molar-refractivity contribution in [1.29, 1.82) is 0 Å². The highest BCUT2D eigenvalue weighted by Gasteiger charge is 2.30. The molecule has 1 amide bonds. The van der Waals surface area contributed by atoms with Crippen molar-refractivity contribution in [3.8, 4) is 5.19 Å². The third-order valence-electron chi connectivity index (χ3n) is 4.87. The van der Waals surface area contributed by atoms with Crippen molar-refractivity contribution in [2.24, 2.45) is 0 Å². The summed E-state index contributed by atoms with van der Waals surface area (Å²) in [6.07, 6.45) is 0.605. The van der Waals surface area contributed by atoms with Crippen LogP contribution in [0.5, 0.6) is 5.19 Å². The molecule has 2 heterocycles. The van der Waals surface area contributed by atoms with Crippen molar-refractivity contribution < 1.29 is 26.7 Å². The molecule has 0 aliphatic carbocycles. The van der Waals surface area contributed by atoms with Crippen LogP contribution in [-0.4, -0.2) is 42.8 Å². The number of thiazole rings is 1. The summed E-state index contributed by atoms with van der Waals surface area (Å²) in [6.45, 7) is 1.89. The summed E-state index contributed by atoms with van der Waals surface area (Å²) in [4.78, 5) is 15.3. The number of anilines is 1. The van der Waals surface area contributed by atoms with Crippen LogP contribution in [0.4, 0.5) is 14.5 Å². The van der Waals surface area contributed by atoms with Gasteiger partial charge in [0.1, 0.15) is 17.4 Å². The molecule has 4 rings (SSSR count). The third-order valence-corrected chi connectivity index (χ3v) is 7.68. The van der Waals surface area contributed by atoms with Gasteiger partial charge in [-0.25, -0.2) is 17.2 Å². The predicted molar refractivity (Wildman–Crippen MR) is 113 cm³/mol. The fourth-order valence-electron chi connectivity index (χ4n) is 3.38. The number of rotatable bonds is 5. The van der Waals surface area contributed by atoms with E-state index < -0.39 is 21.7 Å². The smallest absolute Gasteiger partial charge is 0.274 e. The van der Waals surface area contributed by atoms with E-state index in [1.807, 2.05) is 0 Å². The summed E-state index contributed by atoms with van der Waals surface area (Å²) < 4.78 is 60.5.